The maximum absolute atomic E-state index is 12.1. The van der Waals surface area contributed by atoms with Crippen LogP contribution in [0, 0.1) is 0 Å². The Labute approximate surface area is 464 Å². The van der Waals surface area contributed by atoms with Crippen molar-refractivity contribution in [1.29, 1.82) is 0 Å². The van der Waals surface area contributed by atoms with Crippen LogP contribution in [0.25, 0.3) is 0 Å². The van der Waals surface area contributed by atoms with E-state index < -0.39 is 22.7 Å². The number of hydrogen-bond donors (Lipinski definition) is 6. The molecule has 9 nitrogen and oxygen atoms in total. The van der Waals surface area contributed by atoms with Gasteiger partial charge in [0.15, 0.2) is 0 Å². The molecule has 75 heavy (non-hydrogen) atoms. The molecule has 2 aliphatic rings. The predicted octanol–water partition coefficient (Wildman–Crippen LogP) is 16.5. The van der Waals surface area contributed by atoms with E-state index in [0.29, 0.717) is 53.4 Å². The molecule has 0 aliphatic carbocycles. The molecule has 0 spiro atoms. The Hall–Kier alpha value is -3.78. The lowest BCUT2D eigenvalue weighted by Gasteiger charge is -2.43. The summed E-state index contributed by atoms with van der Waals surface area (Å²) in [6.07, 6.45) is 25.2. The number of fused-ring (bicyclic) bond motifs is 2. The summed E-state index contributed by atoms with van der Waals surface area (Å²) in [4.78, 5) is 23.4. The van der Waals surface area contributed by atoms with Crippen molar-refractivity contribution >= 4 is 58.0 Å². The molecule has 4 aromatic rings. The molecule has 6 rings (SSSR count). The van der Waals surface area contributed by atoms with E-state index in [9.17, 15) is 34.2 Å². The monoisotopic (exact) mass is 1100 g/mol. The molecule has 0 radical (unpaired) electrons. The largest absolute Gasteiger partial charge is 0.508 e. The van der Waals surface area contributed by atoms with Crippen molar-refractivity contribution in [2.45, 2.75) is 200 Å². The van der Waals surface area contributed by atoms with E-state index in [1.54, 1.807) is 24.3 Å². The van der Waals surface area contributed by atoms with Crippen LogP contribution in [0.5, 0.6) is 23.0 Å². The van der Waals surface area contributed by atoms with Crippen LogP contribution in [0.3, 0.4) is 0 Å². The molecular formula is C62H88O9S4. The van der Waals surface area contributed by atoms with Gasteiger partial charge in [-0.2, -0.15) is 11.8 Å². The summed E-state index contributed by atoms with van der Waals surface area (Å²) in [5, 5.41) is 57.0. The van der Waals surface area contributed by atoms with Crippen LogP contribution in [0.1, 0.15) is 202 Å². The fraction of sp³-hybridized carbons (Fsp3) is 0.581. The highest BCUT2D eigenvalue weighted by Gasteiger charge is 2.42. The van der Waals surface area contributed by atoms with Crippen LogP contribution >= 0.6 is 35.3 Å². The van der Waals surface area contributed by atoms with E-state index in [0.717, 1.165) is 87.2 Å². The molecule has 13 heteroatoms. The number of phenolic OH excluding ortho intramolecular Hbond substituents is 4. The fourth-order valence-electron chi connectivity index (χ4n) is 10.9. The van der Waals surface area contributed by atoms with Gasteiger partial charge in [0, 0.05) is 67.3 Å². The molecule has 5 atom stereocenters. The van der Waals surface area contributed by atoms with E-state index in [1.807, 2.05) is 59.6 Å². The van der Waals surface area contributed by atoms with Gasteiger partial charge >= 0.3 is 11.9 Å². The van der Waals surface area contributed by atoms with Crippen LogP contribution < -0.4 is 0 Å². The first-order valence-corrected chi connectivity index (χ1v) is 32.7. The average Bonchev–Trinajstić information content (AvgIpc) is 3.38. The Balaban J connectivity index is 0.000000277. The van der Waals surface area contributed by atoms with Crippen LogP contribution in [-0.2, 0) is 31.2 Å². The number of thioether (sulfide) groups is 3. The number of carboxylic acid groups (broad SMARTS) is 2. The highest BCUT2D eigenvalue weighted by molar-refractivity contribution is 7.99. The molecule has 0 fully saturated rings. The summed E-state index contributed by atoms with van der Waals surface area (Å²) in [7, 11) is -0.771. The molecular weight excluding hydrogens is 1020 g/mol. The number of carbonyl (C=O) groups is 2. The highest BCUT2D eigenvalue weighted by atomic mass is 32.2. The van der Waals surface area contributed by atoms with Crippen molar-refractivity contribution in [3.8, 4) is 23.0 Å². The third-order valence-corrected chi connectivity index (χ3v) is 20.9. The molecule has 0 saturated heterocycles. The molecule has 2 heterocycles. The minimum Gasteiger partial charge on any atom is -0.508 e. The zero-order valence-electron chi connectivity index (χ0n) is 45.0. The second-order valence-corrected chi connectivity index (χ2v) is 26.4. The zero-order valence-corrected chi connectivity index (χ0v) is 48.3. The maximum atomic E-state index is 12.1. The number of hydrogen-bond acceptors (Lipinski definition) is 10. The summed E-state index contributed by atoms with van der Waals surface area (Å²) in [5.74, 6) is 6.36. The first-order valence-electron chi connectivity index (χ1n) is 28.1. The van der Waals surface area contributed by atoms with E-state index in [-0.39, 0.29) is 17.3 Å². The summed E-state index contributed by atoms with van der Waals surface area (Å²) in [5.41, 5.74) is 5.17. The number of unbranched alkanes of at least 4 members (excludes halogenated alkanes) is 16. The Morgan fingerprint density at radius 1 is 0.480 bits per heavy atom. The smallest absolute Gasteiger partial charge is 0.303 e. The van der Waals surface area contributed by atoms with Gasteiger partial charge in [-0.05, 0) is 145 Å². The van der Waals surface area contributed by atoms with Gasteiger partial charge < -0.3 is 30.6 Å². The second kappa shape index (κ2) is 33.5. The van der Waals surface area contributed by atoms with Gasteiger partial charge in [-0.3, -0.25) is 13.8 Å². The van der Waals surface area contributed by atoms with Crippen molar-refractivity contribution in [3.63, 3.8) is 0 Å². The van der Waals surface area contributed by atoms with E-state index >= 15 is 0 Å². The Morgan fingerprint density at radius 2 is 0.813 bits per heavy atom. The topological polar surface area (TPSA) is 173 Å². The molecule has 0 aromatic heterocycles. The lowest BCUT2D eigenvalue weighted by atomic mass is 9.68. The molecule has 6 N–H and O–H groups in total. The maximum Gasteiger partial charge on any atom is 0.303 e. The van der Waals surface area contributed by atoms with Crippen molar-refractivity contribution in [2.24, 2.45) is 0 Å². The zero-order chi connectivity index (χ0) is 53.9. The average molecular weight is 1110 g/mol. The second-order valence-electron chi connectivity index (χ2n) is 21.5. The molecule has 0 amide bonds. The summed E-state index contributed by atoms with van der Waals surface area (Å²) in [6.45, 7) is 4.70. The minimum absolute atomic E-state index is 0.00371. The number of aliphatic carboxylic acids is 2. The van der Waals surface area contributed by atoms with Gasteiger partial charge in [-0.1, -0.05) is 140 Å². The molecule has 2 aliphatic heterocycles. The fourth-order valence-corrected chi connectivity index (χ4v) is 16.0. The van der Waals surface area contributed by atoms with Crippen LogP contribution in [0.4, 0.5) is 0 Å². The number of benzene rings is 4. The van der Waals surface area contributed by atoms with Gasteiger partial charge in [-0.15, -0.1) is 23.5 Å². The van der Waals surface area contributed by atoms with Crippen LogP contribution in [-0.4, -0.2) is 81.3 Å². The minimum atomic E-state index is -0.771. The highest BCUT2D eigenvalue weighted by Crippen LogP contribution is 2.54. The first-order chi connectivity index (χ1) is 36.2. The molecule has 414 valence electrons. The number of carboxylic acids is 2. The molecule has 0 bridgehead atoms. The molecule has 0 saturated carbocycles. The van der Waals surface area contributed by atoms with Gasteiger partial charge in [0.25, 0.3) is 0 Å². The van der Waals surface area contributed by atoms with Crippen LogP contribution in [0.2, 0.25) is 0 Å². The van der Waals surface area contributed by atoms with Gasteiger partial charge in [0.2, 0.25) is 0 Å². The normalized spacial score (nSPS) is 19.3. The quantitative estimate of drug-likeness (QED) is 0.0245. The Bertz CT molecular complexity index is 2330. The lowest BCUT2D eigenvalue weighted by molar-refractivity contribution is -0.138. The van der Waals surface area contributed by atoms with E-state index in [1.165, 1.54) is 108 Å². The lowest BCUT2D eigenvalue weighted by Crippen LogP contribution is -2.36. The number of rotatable bonds is 34. The van der Waals surface area contributed by atoms with Gasteiger partial charge in [0.1, 0.15) is 23.0 Å². The van der Waals surface area contributed by atoms with E-state index in [4.69, 9.17) is 10.2 Å². The van der Waals surface area contributed by atoms with Crippen molar-refractivity contribution in [1.82, 2.24) is 0 Å². The van der Waals surface area contributed by atoms with E-state index in [2.05, 4.69) is 50.2 Å². The van der Waals surface area contributed by atoms with Crippen molar-refractivity contribution < 1.29 is 44.4 Å². The third-order valence-electron chi connectivity index (χ3n) is 15.5. The SMILES string of the molecule is C[C@]1(c2ccc(O)cc2)CSc2cc(O)ccc2[C@H]1CCCCCCCCCS(=O)CCCCCC(=O)O.C[C@]1(c2ccc(O)cc2)CSc2cc(O)ccc2[C@H]1CCCCCCCCCSCCCCCC(=O)O. The standard InChI is InChI=1S/C31H44O5S2.C31H44O4S2/c1-31(24-14-16-25(32)17-15-24)23-37-29-22-26(33)18-19-27(29)28(31)12-8-5-3-2-4-6-10-20-38(36)21-11-7-9-13-30(34)35;1-31(24-14-16-25(32)17-15-24)23-37-29-22-26(33)18-19-27(29)28(31)12-8-5-3-2-4-6-10-20-36-21-11-7-9-13-30(34)35/h14-19,22,28,32-33H,2-13,20-21,23H2,1H3,(H,34,35);14-19,22,28,32-33H,2-13,20-21,23H2,1H3,(H,34,35)/t28-,31-,38?;28-,31-/m11/s1. The first kappa shape index (κ1) is 62.1. The van der Waals surface area contributed by atoms with Crippen LogP contribution in [0.15, 0.2) is 94.7 Å². The number of phenols is 4. The summed E-state index contributed by atoms with van der Waals surface area (Å²) >= 11 is 5.66. The molecule has 1 unspecified atom stereocenters. The number of aromatic hydroxyl groups is 4. The predicted molar refractivity (Wildman–Crippen MR) is 315 cm³/mol. The van der Waals surface area contributed by atoms with Gasteiger partial charge in [0.05, 0.1) is 0 Å². The van der Waals surface area contributed by atoms with Gasteiger partial charge in [-0.25, -0.2) is 0 Å². The summed E-state index contributed by atoms with van der Waals surface area (Å²) < 4.78 is 12.1. The Kier molecular flexibility index (Phi) is 27.7. The van der Waals surface area contributed by atoms with Crippen molar-refractivity contribution in [2.75, 3.05) is 34.5 Å². The Morgan fingerprint density at radius 3 is 1.21 bits per heavy atom. The summed E-state index contributed by atoms with van der Waals surface area (Å²) in [6, 6.07) is 27.1. The van der Waals surface area contributed by atoms with Crippen molar-refractivity contribution in [3.05, 3.63) is 107 Å². The third kappa shape index (κ3) is 21.2. The molecule has 4 aromatic carbocycles.